The summed E-state index contributed by atoms with van der Waals surface area (Å²) < 4.78 is 1.82. The summed E-state index contributed by atoms with van der Waals surface area (Å²) in [4.78, 5) is 17.1. The minimum absolute atomic E-state index is 0.0708. The van der Waals surface area contributed by atoms with Crippen molar-refractivity contribution in [3.63, 3.8) is 0 Å². The van der Waals surface area contributed by atoms with Crippen molar-refractivity contribution in [3.05, 3.63) is 19.2 Å². The van der Waals surface area contributed by atoms with Crippen molar-refractivity contribution in [1.82, 2.24) is 9.80 Å². The normalized spacial score (nSPS) is 18.1. The van der Waals surface area contributed by atoms with Gasteiger partial charge in [-0.3, -0.25) is 9.69 Å². The van der Waals surface area contributed by atoms with Crippen molar-refractivity contribution in [3.8, 4) is 0 Å². The fourth-order valence-corrected chi connectivity index (χ4v) is 5.08. The minimum atomic E-state index is 0.0708. The lowest BCUT2D eigenvalue weighted by Gasteiger charge is -2.37. The first-order valence-corrected chi connectivity index (χ1v) is 8.98. The number of hydrogen-bond acceptors (Lipinski definition) is 4. The molecule has 0 radical (unpaired) electrons. The van der Waals surface area contributed by atoms with Gasteiger partial charge in [0.25, 0.3) is 5.91 Å². The van der Waals surface area contributed by atoms with Crippen LogP contribution in [-0.4, -0.2) is 52.9 Å². The van der Waals surface area contributed by atoms with Crippen LogP contribution in [0.3, 0.4) is 0 Å². The van der Waals surface area contributed by atoms with Crippen LogP contribution in [0.5, 0.6) is 0 Å². The summed E-state index contributed by atoms with van der Waals surface area (Å²) in [6.45, 7) is 5.00. The fourth-order valence-electron chi connectivity index (χ4n) is 2.15. The second-order valence-corrected chi connectivity index (χ2v) is 8.87. The van der Waals surface area contributed by atoms with Crippen LogP contribution < -0.4 is 5.73 Å². The number of carbonyl (C=O) groups excluding carboxylic acids is 1. The SMILES string of the molecule is CC(C(N)=S)N1CCN(C(=O)c2cc(Br)sc2Br)CC1. The van der Waals surface area contributed by atoms with Gasteiger partial charge in [-0.05, 0) is 44.8 Å². The van der Waals surface area contributed by atoms with Crippen LogP contribution in [0.2, 0.25) is 0 Å². The largest absolute Gasteiger partial charge is 0.392 e. The third-order valence-corrected chi connectivity index (χ3v) is 6.13. The van der Waals surface area contributed by atoms with Gasteiger partial charge in [-0.1, -0.05) is 12.2 Å². The number of hydrogen-bond donors (Lipinski definition) is 1. The first-order valence-electron chi connectivity index (χ1n) is 6.17. The van der Waals surface area contributed by atoms with Crippen LogP contribution in [0.1, 0.15) is 17.3 Å². The van der Waals surface area contributed by atoms with Gasteiger partial charge in [0.15, 0.2) is 0 Å². The number of rotatable bonds is 3. The van der Waals surface area contributed by atoms with Crippen molar-refractivity contribution in [2.75, 3.05) is 26.2 Å². The third kappa shape index (κ3) is 3.59. The highest BCUT2D eigenvalue weighted by atomic mass is 79.9. The number of thiocarbonyl (C=S) groups is 1. The Morgan fingerprint density at radius 3 is 2.45 bits per heavy atom. The fraction of sp³-hybridized carbons (Fsp3) is 0.500. The lowest BCUT2D eigenvalue weighted by atomic mass is 10.2. The number of halogens is 2. The van der Waals surface area contributed by atoms with Gasteiger partial charge in [-0.25, -0.2) is 0 Å². The molecular weight excluding hydrogens is 426 g/mol. The molecule has 4 nitrogen and oxygen atoms in total. The summed E-state index contributed by atoms with van der Waals surface area (Å²) in [6, 6.07) is 1.95. The zero-order chi connectivity index (χ0) is 14.9. The Morgan fingerprint density at radius 1 is 1.40 bits per heavy atom. The average molecular weight is 441 g/mol. The number of amides is 1. The van der Waals surface area contributed by atoms with Gasteiger partial charge in [0.1, 0.15) is 0 Å². The van der Waals surface area contributed by atoms with Gasteiger partial charge >= 0.3 is 0 Å². The average Bonchev–Trinajstić information content (AvgIpc) is 2.76. The number of nitrogens with zero attached hydrogens (tertiary/aromatic N) is 2. The highest BCUT2D eigenvalue weighted by Crippen LogP contribution is 2.32. The molecule has 1 aliphatic rings. The van der Waals surface area contributed by atoms with Gasteiger partial charge in [0.05, 0.1) is 24.2 Å². The number of thiophene rings is 1. The van der Waals surface area contributed by atoms with Crippen molar-refractivity contribution in [1.29, 1.82) is 0 Å². The van der Waals surface area contributed by atoms with Crippen LogP contribution in [0.15, 0.2) is 13.6 Å². The maximum Gasteiger partial charge on any atom is 0.255 e. The van der Waals surface area contributed by atoms with Crippen LogP contribution >= 0.6 is 55.4 Å². The molecule has 1 aromatic heterocycles. The number of nitrogens with two attached hydrogens (primary N) is 1. The molecule has 1 aromatic rings. The van der Waals surface area contributed by atoms with Crippen LogP contribution in [0.4, 0.5) is 0 Å². The highest BCUT2D eigenvalue weighted by molar-refractivity contribution is 9.12. The van der Waals surface area contributed by atoms with Gasteiger partial charge in [-0.15, -0.1) is 11.3 Å². The van der Waals surface area contributed by atoms with E-state index in [1.165, 1.54) is 11.3 Å². The molecule has 0 bridgehead atoms. The lowest BCUT2D eigenvalue weighted by Crippen LogP contribution is -2.53. The lowest BCUT2D eigenvalue weighted by molar-refractivity contribution is 0.0621. The van der Waals surface area contributed by atoms with Crippen LogP contribution in [0.25, 0.3) is 0 Å². The van der Waals surface area contributed by atoms with Crippen LogP contribution in [-0.2, 0) is 0 Å². The third-order valence-electron chi connectivity index (χ3n) is 3.45. The quantitative estimate of drug-likeness (QED) is 0.734. The van der Waals surface area contributed by atoms with Gasteiger partial charge in [0.2, 0.25) is 0 Å². The summed E-state index contributed by atoms with van der Waals surface area (Å²) in [5.74, 6) is 0.0708. The smallest absolute Gasteiger partial charge is 0.255 e. The Balaban J connectivity index is 1.99. The van der Waals surface area contributed by atoms with Crippen molar-refractivity contribution in [2.24, 2.45) is 5.73 Å². The summed E-state index contributed by atoms with van der Waals surface area (Å²) in [6.07, 6.45) is 0. The van der Waals surface area contributed by atoms with E-state index in [0.29, 0.717) is 18.1 Å². The predicted octanol–water partition coefficient (Wildman–Crippen LogP) is 2.71. The summed E-state index contributed by atoms with van der Waals surface area (Å²) >= 11 is 13.4. The second kappa shape index (κ2) is 6.83. The molecule has 1 fully saturated rings. The van der Waals surface area contributed by atoms with Gasteiger partial charge in [-0.2, -0.15) is 0 Å². The molecule has 0 aromatic carbocycles. The maximum atomic E-state index is 12.5. The second-order valence-electron chi connectivity index (χ2n) is 4.64. The topological polar surface area (TPSA) is 49.6 Å². The monoisotopic (exact) mass is 439 g/mol. The molecule has 20 heavy (non-hydrogen) atoms. The van der Waals surface area contributed by atoms with Crippen molar-refractivity contribution >= 4 is 66.3 Å². The Morgan fingerprint density at radius 2 is 2.00 bits per heavy atom. The molecule has 110 valence electrons. The van der Waals surface area contributed by atoms with Gasteiger partial charge < -0.3 is 10.6 Å². The molecule has 8 heteroatoms. The van der Waals surface area contributed by atoms with Crippen LogP contribution in [0, 0.1) is 0 Å². The maximum absolute atomic E-state index is 12.5. The van der Waals surface area contributed by atoms with Crippen molar-refractivity contribution < 1.29 is 4.79 Å². The molecule has 2 N–H and O–H groups in total. The molecule has 1 amide bonds. The Labute approximate surface area is 144 Å². The van der Waals surface area contributed by atoms with E-state index < -0.39 is 0 Å². The first-order chi connectivity index (χ1) is 9.40. The minimum Gasteiger partial charge on any atom is -0.392 e. The Hall–Kier alpha value is -0.0200. The molecule has 1 aliphatic heterocycles. The molecule has 0 aliphatic carbocycles. The molecule has 2 heterocycles. The first kappa shape index (κ1) is 16.4. The zero-order valence-corrected chi connectivity index (χ0v) is 15.7. The predicted molar refractivity (Wildman–Crippen MR) is 93.4 cm³/mol. The summed E-state index contributed by atoms with van der Waals surface area (Å²) in [5, 5.41) is 0. The molecule has 1 saturated heterocycles. The summed E-state index contributed by atoms with van der Waals surface area (Å²) in [5.41, 5.74) is 6.39. The van der Waals surface area contributed by atoms with Crippen molar-refractivity contribution in [2.45, 2.75) is 13.0 Å². The summed E-state index contributed by atoms with van der Waals surface area (Å²) in [7, 11) is 0. The van der Waals surface area contributed by atoms with Gasteiger partial charge in [0, 0.05) is 26.2 Å². The molecule has 2 rings (SSSR count). The van der Waals surface area contributed by atoms with E-state index in [1.807, 2.05) is 17.9 Å². The van der Waals surface area contributed by atoms with E-state index in [0.717, 1.165) is 26.2 Å². The van der Waals surface area contributed by atoms with E-state index in [4.69, 9.17) is 18.0 Å². The molecule has 1 unspecified atom stereocenters. The van der Waals surface area contributed by atoms with E-state index >= 15 is 0 Å². The molecule has 1 atom stereocenters. The molecule has 0 spiro atoms. The number of carbonyl (C=O) groups is 1. The zero-order valence-electron chi connectivity index (χ0n) is 10.9. The van der Waals surface area contributed by atoms with E-state index in [-0.39, 0.29) is 11.9 Å². The highest BCUT2D eigenvalue weighted by Gasteiger charge is 2.27. The van der Waals surface area contributed by atoms with E-state index in [9.17, 15) is 4.79 Å². The molecular formula is C12H15Br2N3OS2. The Bertz CT molecular complexity index is 527. The van der Waals surface area contributed by atoms with E-state index in [1.54, 1.807) is 0 Å². The standard InChI is InChI=1S/C12H15Br2N3OS2/c1-7(11(15)19)16-2-4-17(5-3-16)12(18)8-6-9(13)20-10(8)14/h6-7H,2-5H2,1H3,(H2,15,19). The molecule has 0 saturated carbocycles. The number of piperazine rings is 1. The Kier molecular flexibility index (Phi) is 5.58. The van der Waals surface area contributed by atoms with E-state index in [2.05, 4.69) is 36.8 Å².